The van der Waals surface area contributed by atoms with Crippen LogP contribution in [-0.2, 0) is 9.59 Å². The van der Waals surface area contributed by atoms with Crippen LogP contribution in [0.3, 0.4) is 0 Å². The average molecular weight is 450 g/mol. The zero-order chi connectivity index (χ0) is 22.0. The standard InChI is InChI=1S/C16H23Cl2N3O2.C2H2O4/c1-20(2)10-7-19-16(22)21-8-5-12(6-9-21)23-13-3-4-14(17)15(18)11-13;3-1(4)2(5)6/h3-4,11-12H,5-10H2,1-2H3,(H,19,22);(H,3,4)(H,5,6). The minimum atomic E-state index is -1.82. The van der Waals surface area contributed by atoms with Crippen LogP contribution in [0.5, 0.6) is 5.75 Å². The van der Waals surface area contributed by atoms with E-state index in [1.165, 1.54) is 0 Å². The van der Waals surface area contributed by atoms with Crippen molar-refractivity contribution in [3.63, 3.8) is 0 Å². The number of nitrogens with zero attached hydrogens (tertiary/aromatic N) is 2. The van der Waals surface area contributed by atoms with Crippen LogP contribution in [0.1, 0.15) is 12.8 Å². The highest BCUT2D eigenvalue weighted by Crippen LogP contribution is 2.28. The summed E-state index contributed by atoms with van der Waals surface area (Å²) in [6, 6.07) is 5.27. The van der Waals surface area contributed by atoms with Crippen molar-refractivity contribution in [2.45, 2.75) is 18.9 Å². The Hall–Kier alpha value is -2.23. The average Bonchev–Trinajstić information content (AvgIpc) is 2.65. The number of amides is 2. The normalized spacial score (nSPS) is 14.0. The van der Waals surface area contributed by atoms with Crippen molar-refractivity contribution < 1.29 is 29.3 Å². The van der Waals surface area contributed by atoms with E-state index in [1.54, 1.807) is 12.1 Å². The molecule has 3 N–H and O–H groups in total. The van der Waals surface area contributed by atoms with E-state index < -0.39 is 11.9 Å². The van der Waals surface area contributed by atoms with Gasteiger partial charge in [-0.25, -0.2) is 14.4 Å². The number of aliphatic carboxylic acids is 2. The van der Waals surface area contributed by atoms with Gasteiger partial charge in [0, 0.05) is 45.1 Å². The Morgan fingerprint density at radius 2 is 1.72 bits per heavy atom. The Morgan fingerprint density at radius 1 is 1.14 bits per heavy atom. The van der Waals surface area contributed by atoms with E-state index in [9.17, 15) is 4.79 Å². The number of carbonyl (C=O) groups is 3. The Morgan fingerprint density at radius 3 is 2.21 bits per heavy atom. The molecule has 11 heteroatoms. The summed E-state index contributed by atoms with van der Waals surface area (Å²) >= 11 is 11.9. The Labute approximate surface area is 179 Å². The van der Waals surface area contributed by atoms with E-state index in [-0.39, 0.29) is 12.1 Å². The predicted octanol–water partition coefficient (Wildman–Crippen LogP) is 2.26. The summed E-state index contributed by atoms with van der Waals surface area (Å²) in [5.74, 6) is -2.93. The quantitative estimate of drug-likeness (QED) is 0.589. The SMILES string of the molecule is CN(C)CCNC(=O)N1CCC(Oc2ccc(Cl)c(Cl)c2)CC1.O=C(O)C(=O)O. The second-order valence-electron chi connectivity index (χ2n) is 6.53. The number of hydrogen-bond acceptors (Lipinski definition) is 5. The Bertz CT molecular complexity index is 697. The number of nitrogens with one attached hydrogen (secondary N) is 1. The first kappa shape index (κ1) is 24.8. The van der Waals surface area contributed by atoms with Crippen LogP contribution < -0.4 is 10.1 Å². The van der Waals surface area contributed by atoms with Crippen molar-refractivity contribution in [3.8, 4) is 5.75 Å². The molecule has 2 rings (SSSR count). The van der Waals surface area contributed by atoms with E-state index in [1.807, 2.05) is 30.0 Å². The molecule has 1 aliphatic heterocycles. The van der Waals surface area contributed by atoms with Crippen molar-refractivity contribution >= 4 is 41.2 Å². The number of urea groups is 1. The summed E-state index contributed by atoms with van der Waals surface area (Å²) in [7, 11) is 3.97. The van der Waals surface area contributed by atoms with Crippen molar-refractivity contribution in [1.29, 1.82) is 0 Å². The third kappa shape index (κ3) is 9.69. The monoisotopic (exact) mass is 449 g/mol. The molecule has 1 saturated heterocycles. The lowest BCUT2D eigenvalue weighted by molar-refractivity contribution is -0.159. The maximum atomic E-state index is 12.1. The lowest BCUT2D eigenvalue weighted by Gasteiger charge is -2.32. The molecule has 0 aliphatic carbocycles. The number of rotatable bonds is 5. The van der Waals surface area contributed by atoms with Crippen molar-refractivity contribution in [2.24, 2.45) is 0 Å². The molecule has 2 amide bonds. The lowest BCUT2D eigenvalue weighted by atomic mass is 10.1. The molecule has 0 spiro atoms. The van der Waals surface area contributed by atoms with Crippen LogP contribution in [0, 0.1) is 0 Å². The summed E-state index contributed by atoms with van der Waals surface area (Å²) in [5.41, 5.74) is 0. The van der Waals surface area contributed by atoms with Crippen molar-refractivity contribution in [1.82, 2.24) is 15.1 Å². The highest BCUT2D eigenvalue weighted by molar-refractivity contribution is 6.42. The van der Waals surface area contributed by atoms with Gasteiger partial charge in [0.15, 0.2) is 0 Å². The van der Waals surface area contributed by atoms with Crippen LogP contribution in [0.2, 0.25) is 10.0 Å². The molecule has 0 bridgehead atoms. The smallest absolute Gasteiger partial charge is 0.414 e. The van der Waals surface area contributed by atoms with E-state index in [0.29, 0.717) is 35.4 Å². The van der Waals surface area contributed by atoms with E-state index >= 15 is 0 Å². The minimum absolute atomic E-state index is 0.000151. The molecule has 162 valence electrons. The number of carboxylic acid groups (broad SMARTS) is 2. The molecule has 9 nitrogen and oxygen atoms in total. The topological polar surface area (TPSA) is 119 Å². The fraction of sp³-hybridized carbons (Fsp3) is 0.500. The molecule has 1 aromatic rings. The number of carboxylic acids is 2. The van der Waals surface area contributed by atoms with E-state index in [2.05, 4.69) is 5.32 Å². The molecule has 1 aromatic carbocycles. The molecule has 0 unspecified atom stereocenters. The highest BCUT2D eigenvalue weighted by Gasteiger charge is 2.23. The first-order valence-corrected chi connectivity index (χ1v) is 9.61. The third-order valence-electron chi connectivity index (χ3n) is 3.94. The zero-order valence-corrected chi connectivity index (χ0v) is 17.7. The summed E-state index contributed by atoms with van der Waals surface area (Å²) in [5, 5.41) is 18.7. The molecular weight excluding hydrogens is 425 g/mol. The summed E-state index contributed by atoms with van der Waals surface area (Å²) in [6.45, 7) is 2.88. The van der Waals surface area contributed by atoms with Crippen LogP contribution >= 0.6 is 23.2 Å². The minimum Gasteiger partial charge on any atom is -0.490 e. The molecule has 1 aliphatic rings. The molecule has 1 fully saturated rings. The zero-order valence-electron chi connectivity index (χ0n) is 16.2. The fourth-order valence-electron chi connectivity index (χ4n) is 2.42. The first-order valence-electron chi connectivity index (χ1n) is 8.85. The van der Waals surface area contributed by atoms with Gasteiger partial charge in [0.1, 0.15) is 11.9 Å². The van der Waals surface area contributed by atoms with Gasteiger partial charge in [-0.05, 0) is 26.2 Å². The van der Waals surface area contributed by atoms with Gasteiger partial charge >= 0.3 is 18.0 Å². The second-order valence-corrected chi connectivity index (χ2v) is 7.34. The largest absolute Gasteiger partial charge is 0.490 e. The Balaban J connectivity index is 0.000000612. The molecule has 0 aromatic heterocycles. The van der Waals surface area contributed by atoms with Gasteiger partial charge in [-0.1, -0.05) is 23.2 Å². The van der Waals surface area contributed by atoms with Crippen molar-refractivity contribution in [2.75, 3.05) is 40.3 Å². The van der Waals surface area contributed by atoms with Gasteiger partial charge in [0.2, 0.25) is 0 Å². The number of benzene rings is 1. The molecule has 1 heterocycles. The molecule has 0 saturated carbocycles. The van der Waals surface area contributed by atoms with Crippen LogP contribution in [-0.4, -0.2) is 84.4 Å². The predicted molar refractivity (Wildman–Crippen MR) is 109 cm³/mol. The van der Waals surface area contributed by atoms with E-state index in [0.717, 1.165) is 19.4 Å². The maximum absolute atomic E-state index is 12.1. The number of likely N-dealkylation sites (N-methyl/N-ethyl adjacent to an activating group) is 1. The number of hydrogen-bond donors (Lipinski definition) is 3. The van der Waals surface area contributed by atoms with Crippen LogP contribution in [0.25, 0.3) is 0 Å². The first-order chi connectivity index (χ1) is 13.6. The number of likely N-dealkylation sites (tertiary alicyclic amines) is 1. The third-order valence-corrected chi connectivity index (χ3v) is 4.68. The van der Waals surface area contributed by atoms with Gasteiger partial charge in [-0.2, -0.15) is 0 Å². The van der Waals surface area contributed by atoms with Crippen molar-refractivity contribution in [3.05, 3.63) is 28.2 Å². The van der Waals surface area contributed by atoms with Gasteiger partial charge in [0.25, 0.3) is 0 Å². The van der Waals surface area contributed by atoms with Gasteiger partial charge in [0.05, 0.1) is 10.0 Å². The summed E-state index contributed by atoms with van der Waals surface area (Å²) in [6.07, 6.45) is 1.71. The van der Waals surface area contributed by atoms with Crippen LogP contribution in [0.15, 0.2) is 18.2 Å². The molecule has 0 radical (unpaired) electrons. The maximum Gasteiger partial charge on any atom is 0.414 e. The molecule has 29 heavy (non-hydrogen) atoms. The molecule has 0 atom stereocenters. The van der Waals surface area contributed by atoms with Gasteiger partial charge < -0.3 is 30.1 Å². The summed E-state index contributed by atoms with van der Waals surface area (Å²) in [4.78, 5) is 34.1. The number of carbonyl (C=O) groups excluding carboxylic acids is 1. The van der Waals surface area contributed by atoms with Gasteiger partial charge in [-0.15, -0.1) is 0 Å². The van der Waals surface area contributed by atoms with Crippen LogP contribution in [0.4, 0.5) is 4.79 Å². The molecular formula is C18H25Cl2N3O6. The van der Waals surface area contributed by atoms with E-state index in [4.69, 9.17) is 47.7 Å². The fourth-order valence-corrected chi connectivity index (χ4v) is 2.71. The Kier molecular flexibility index (Phi) is 10.6. The number of piperidine rings is 1. The number of ether oxygens (including phenoxy) is 1. The second kappa shape index (κ2) is 12.4. The lowest BCUT2D eigenvalue weighted by Crippen LogP contribution is -2.47. The van der Waals surface area contributed by atoms with Gasteiger partial charge in [-0.3, -0.25) is 0 Å². The number of halogens is 2. The summed E-state index contributed by atoms with van der Waals surface area (Å²) < 4.78 is 5.92. The highest BCUT2D eigenvalue weighted by atomic mass is 35.5.